The van der Waals surface area contributed by atoms with Gasteiger partial charge in [-0.25, -0.2) is 8.78 Å². The van der Waals surface area contributed by atoms with Crippen molar-refractivity contribution in [2.24, 2.45) is 5.11 Å². The molecule has 0 aliphatic rings. The van der Waals surface area contributed by atoms with E-state index in [0.29, 0.717) is 17.8 Å². The summed E-state index contributed by atoms with van der Waals surface area (Å²) in [5.41, 5.74) is 8.74. The highest BCUT2D eigenvalue weighted by Gasteiger charge is 2.21. The summed E-state index contributed by atoms with van der Waals surface area (Å²) in [6, 6.07) is 4.12. The fourth-order valence-electron chi connectivity index (χ4n) is 1.46. The standard InChI is InChI=1S/C10H13F2N3Si/c1-16(2,7-14-15-13)6-8-3-4-9(11)5-10(8)12/h3-5H,6-7H2,1-2H3. The Morgan fingerprint density at radius 3 is 2.62 bits per heavy atom. The van der Waals surface area contributed by atoms with Crippen LogP contribution in [-0.2, 0) is 6.04 Å². The van der Waals surface area contributed by atoms with Crippen LogP contribution in [0.4, 0.5) is 8.78 Å². The summed E-state index contributed by atoms with van der Waals surface area (Å²) in [7, 11) is -1.80. The van der Waals surface area contributed by atoms with Crippen LogP contribution in [0.25, 0.3) is 10.4 Å². The largest absolute Gasteiger partial charge is 0.207 e. The maximum atomic E-state index is 13.4. The van der Waals surface area contributed by atoms with E-state index in [1.165, 1.54) is 12.1 Å². The highest BCUT2D eigenvalue weighted by molar-refractivity contribution is 6.77. The van der Waals surface area contributed by atoms with E-state index in [1.54, 1.807) is 0 Å². The van der Waals surface area contributed by atoms with Crippen LogP contribution in [0.3, 0.4) is 0 Å². The van der Waals surface area contributed by atoms with Crippen LogP contribution in [0, 0.1) is 11.6 Å². The Morgan fingerprint density at radius 1 is 1.38 bits per heavy atom. The minimum atomic E-state index is -1.80. The highest BCUT2D eigenvalue weighted by atomic mass is 28.3. The van der Waals surface area contributed by atoms with Gasteiger partial charge in [-0.3, -0.25) is 0 Å². The van der Waals surface area contributed by atoms with E-state index >= 15 is 0 Å². The van der Waals surface area contributed by atoms with Crippen LogP contribution in [0.1, 0.15) is 5.56 Å². The normalized spacial score (nSPS) is 11.0. The summed E-state index contributed by atoms with van der Waals surface area (Å²) in [6.07, 6.45) is 0.417. The van der Waals surface area contributed by atoms with Crippen LogP contribution < -0.4 is 0 Å². The average Bonchev–Trinajstić information content (AvgIpc) is 2.19. The quantitative estimate of drug-likeness (QED) is 0.335. The Morgan fingerprint density at radius 2 is 2.06 bits per heavy atom. The van der Waals surface area contributed by atoms with E-state index < -0.39 is 19.7 Å². The van der Waals surface area contributed by atoms with Gasteiger partial charge in [0.25, 0.3) is 0 Å². The van der Waals surface area contributed by atoms with Crippen LogP contribution in [-0.4, -0.2) is 14.2 Å². The molecule has 0 N–H and O–H groups in total. The summed E-state index contributed by atoms with van der Waals surface area (Å²) in [4.78, 5) is 2.71. The van der Waals surface area contributed by atoms with Crippen molar-refractivity contribution in [2.75, 3.05) is 6.17 Å². The van der Waals surface area contributed by atoms with Crippen LogP contribution in [0.2, 0.25) is 13.1 Å². The van der Waals surface area contributed by atoms with Gasteiger partial charge in [0.05, 0.1) is 8.07 Å². The van der Waals surface area contributed by atoms with Crippen molar-refractivity contribution in [3.63, 3.8) is 0 Å². The molecule has 0 radical (unpaired) electrons. The van der Waals surface area contributed by atoms with E-state index in [4.69, 9.17) is 5.53 Å². The van der Waals surface area contributed by atoms with Gasteiger partial charge in [-0.15, -0.1) is 0 Å². The van der Waals surface area contributed by atoms with Crippen molar-refractivity contribution in [3.05, 3.63) is 45.8 Å². The van der Waals surface area contributed by atoms with E-state index in [9.17, 15) is 8.78 Å². The lowest BCUT2D eigenvalue weighted by atomic mass is 10.2. The summed E-state index contributed by atoms with van der Waals surface area (Å²) in [5.74, 6) is -1.10. The molecule has 6 heteroatoms. The molecule has 0 aliphatic heterocycles. The second-order valence-corrected chi connectivity index (χ2v) is 9.46. The molecule has 0 amide bonds. The topological polar surface area (TPSA) is 48.8 Å². The Kier molecular flexibility index (Phi) is 4.03. The third-order valence-electron chi connectivity index (χ3n) is 2.25. The summed E-state index contributed by atoms with van der Waals surface area (Å²) in [5, 5.41) is 3.53. The summed E-state index contributed by atoms with van der Waals surface area (Å²) in [6.45, 7) is 4.01. The molecule has 0 spiro atoms. The molecule has 0 saturated carbocycles. The molecule has 0 aliphatic carbocycles. The monoisotopic (exact) mass is 241 g/mol. The molecule has 0 bridgehead atoms. The third kappa shape index (κ3) is 3.64. The van der Waals surface area contributed by atoms with E-state index in [2.05, 4.69) is 10.0 Å². The summed E-state index contributed by atoms with van der Waals surface area (Å²) >= 11 is 0. The van der Waals surface area contributed by atoms with E-state index in [-0.39, 0.29) is 0 Å². The fraction of sp³-hybridized carbons (Fsp3) is 0.400. The minimum Gasteiger partial charge on any atom is -0.207 e. The van der Waals surface area contributed by atoms with Gasteiger partial charge in [0.2, 0.25) is 0 Å². The molecule has 0 aromatic heterocycles. The Bertz CT molecular complexity index is 428. The molecular weight excluding hydrogens is 228 g/mol. The van der Waals surface area contributed by atoms with Gasteiger partial charge in [-0.2, -0.15) is 0 Å². The molecule has 1 rings (SSSR count). The van der Waals surface area contributed by atoms with Crippen molar-refractivity contribution in [3.8, 4) is 0 Å². The number of nitrogens with zero attached hydrogens (tertiary/aromatic N) is 3. The SMILES string of the molecule is C[Si](C)(CN=[N+]=[N-])Cc1ccc(F)cc1F. The van der Waals surface area contributed by atoms with Gasteiger partial charge >= 0.3 is 0 Å². The molecule has 3 nitrogen and oxygen atoms in total. The predicted octanol–water partition coefficient (Wildman–Crippen LogP) is 3.60. The minimum absolute atomic E-state index is 0.417. The van der Waals surface area contributed by atoms with Gasteiger partial charge in [0, 0.05) is 17.1 Å². The first-order valence-corrected chi connectivity index (χ1v) is 8.31. The number of hydrogen-bond acceptors (Lipinski definition) is 1. The third-order valence-corrected chi connectivity index (χ3v) is 4.58. The second-order valence-electron chi connectivity index (χ2n) is 4.47. The lowest BCUT2D eigenvalue weighted by Gasteiger charge is -2.19. The van der Waals surface area contributed by atoms with Crippen LogP contribution in [0.15, 0.2) is 23.3 Å². The van der Waals surface area contributed by atoms with Crippen LogP contribution >= 0.6 is 0 Å². The number of azide groups is 1. The van der Waals surface area contributed by atoms with E-state index in [0.717, 1.165) is 6.07 Å². The van der Waals surface area contributed by atoms with Gasteiger partial charge in [-0.1, -0.05) is 24.3 Å². The molecule has 16 heavy (non-hydrogen) atoms. The maximum Gasteiger partial charge on any atom is 0.129 e. The smallest absolute Gasteiger partial charge is 0.129 e. The first kappa shape index (κ1) is 12.7. The lowest BCUT2D eigenvalue weighted by Crippen LogP contribution is -2.34. The van der Waals surface area contributed by atoms with E-state index in [1.807, 2.05) is 13.1 Å². The highest BCUT2D eigenvalue weighted by Crippen LogP contribution is 2.16. The van der Waals surface area contributed by atoms with Crippen molar-refractivity contribution in [2.45, 2.75) is 19.1 Å². The fourth-order valence-corrected chi connectivity index (χ4v) is 3.34. The van der Waals surface area contributed by atoms with Crippen molar-refractivity contribution >= 4 is 8.07 Å². The maximum absolute atomic E-state index is 13.4. The van der Waals surface area contributed by atoms with Crippen molar-refractivity contribution in [1.82, 2.24) is 0 Å². The molecular formula is C10H13F2N3Si. The molecule has 0 fully saturated rings. The second kappa shape index (κ2) is 5.09. The zero-order chi connectivity index (χ0) is 12.2. The Labute approximate surface area is 93.7 Å². The zero-order valence-electron chi connectivity index (χ0n) is 9.24. The molecule has 0 atom stereocenters. The average molecular weight is 241 g/mol. The first-order chi connectivity index (χ1) is 7.44. The van der Waals surface area contributed by atoms with Crippen LogP contribution in [0.5, 0.6) is 0 Å². The van der Waals surface area contributed by atoms with Gasteiger partial charge in [0.15, 0.2) is 0 Å². The molecule has 1 aromatic rings. The van der Waals surface area contributed by atoms with Crippen molar-refractivity contribution < 1.29 is 8.78 Å². The zero-order valence-corrected chi connectivity index (χ0v) is 10.2. The van der Waals surface area contributed by atoms with Crippen molar-refractivity contribution in [1.29, 1.82) is 0 Å². The predicted molar refractivity (Wildman–Crippen MR) is 61.6 cm³/mol. The van der Waals surface area contributed by atoms with Gasteiger partial charge in [0.1, 0.15) is 11.6 Å². The number of rotatable bonds is 4. The number of benzene rings is 1. The summed E-state index contributed by atoms with van der Waals surface area (Å²) < 4.78 is 26.1. The molecule has 0 unspecified atom stereocenters. The molecule has 86 valence electrons. The number of hydrogen-bond donors (Lipinski definition) is 0. The number of halogens is 2. The molecule has 1 aromatic carbocycles. The first-order valence-electron chi connectivity index (χ1n) is 4.89. The Balaban J connectivity index is 2.83. The molecule has 0 heterocycles. The lowest BCUT2D eigenvalue weighted by molar-refractivity contribution is 0.576. The Hall–Kier alpha value is -1.39. The van der Waals surface area contributed by atoms with Gasteiger partial charge in [-0.05, 0) is 23.2 Å². The van der Waals surface area contributed by atoms with Gasteiger partial charge < -0.3 is 0 Å². The molecule has 0 saturated heterocycles.